The Kier molecular flexibility index (Phi) is 4.95. The van der Waals surface area contributed by atoms with Crippen LogP contribution in [-0.4, -0.2) is 20.2 Å². The van der Waals surface area contributed by atoms with Gasteiger partial charge in [-0.15, -0.1) is 0 Å². The summed E-state index contributed by atoms with van der Waals surface area (Å²) in [6.07, 6.45) is 0.513. The van der Waals surface area contributed by atoms with Gasteiger partial charge in [-0.2, -0.15) is 0 Å². The van der Waals surface area contributed by atoms with Gasteiger partial charge in [-0.05, 0) is 31.0 Å². The van der Waals surface area contributed by atoms with Crippen molar-refractivity contribution in [2.24, 2.45) is 5.73 Å². The first-order valence-corrected chi connectivity index (χ1v) is 7.71. The Morgan fingerprint density at radius 3 is 2.38 bits per heavy atom. The third-order valence-corrected chi connectivity index (χ3v) is 4.34. The van der Waals surface area contributed by atoms with E-state index in [0.717, 1.165) is 10.0 Å². The molecule has 1 aromatic carbocycles. The Balaban J connectivity index is 2.62. The maximum Gasteiger partial charge on any atom is 0.154 e. The zero-order valence-electron chi connectivity index (χ0n) is 9.19. The van der Waals surface area contributed by atoms with Gasteiger partial charge in [0.25, 0.3) is 0 Å². The van der Waals surface area contributed by atoms with Crippen LogP contribution in [0.3, 0.4) is 0 Å². The lowest BCUT2D eigenvalue weighted by atomic mass is 10.2. The molecule has 0 aliphatic rings. The lowest BCUT2D eigenvalue weighted by Gasteiger charge is -2.06. The third-order valence-electron chi connectivity index (χ3n) is 2.18. The van der Waals surface area contributed by atoms with Crippen molar-refractivity contribution < 1.29 is 8.42 Å². The van der Waals surface area contributed by atoms with Crippen molar-refractivity contribution in [1.29, 1.82) is 0 Å². The highest BCUT2D eigenvalue weighted by Crippen LogP contribution is 2.13. The van der Waals surface area contributed by atoms with Crippen LogP contribution in [-0.2, 0) is 15.6 Å². The van der Waals surface area contributed by atoms with E-state index in [1.54, 1.807) is 0 Å². The number of rotatable bonds is 5. The Hall–Kier alpha value is -0.390. The van der Waals surface area contributed by atoms with Crippen LogP contribution in [0.25, 0.3) is 0 Å². The number of sulfone groups is 1. The minimum Gasteiger partial charge on any atom is -0.328 e. The molecule has 0 aliphatic heterocycles. The minimum absolute atomic E-state index is 0.0697. The molecule has 0 saturated carbocycles. The minimum atomic E-state index is -3.04. The molecular weight excluding hydrogens is 290 g/mol. The average molecular weight is 306 g/mol. The number of hydrogen-bond donors (Lipinski definition) is 1. The molecule has 1 aromatic rings. The number of halogens is 1. The molecule has 1 unspecified atom stereocenters. The van der Waals surface area contributed by atoms with Crippen molar-refractivity contribution in [3.63, 3.8) is 0 Å². The molecule has 90 valence electrons. The molecular formula is C11H16BrNO2S. The van der Waals surface area contributed by atoms with Crippen molar-refractivity contribution in [3.8, 4) is 0 Å². The molecule has 0 radical (unpaired) electrons. The SMILES string of the molecule is CC(N)CCS(=O)(=O)Cc1ccc(Br)cc1. The first-order valence-electron chi connectivity index (χ1n) is 5.09. The molecule has 0 bridgehead atoms. The van der Waals surface area contributed by atoms with E-state index in [4.69, 9.17) is 5.73 Å². The molecule has 0 amide bonds. The van der Waals surface area contributed by atoms with Crippen molar-refractivity contribution in [1.82, 2.24) is 0 Å². The largest absolute Gasteiger partial charge is 0.328 e. The van der Waals surface area contributed by atoms with Crippen LogP contribution in [0.15, 0.2) is 28.7 Å². The highest BCUT2D eigenvalue weighted by Gasteiger charge is 2.12. The number of nitrogens with two attached hydrogens (primary N) is 1. The van der Waals surface area contributed by atoms with Crippen LogP contribution in [0.5, 0.6) is 0 Å². The van der Waals surface area contributed by atoms with E-state index in [-0.39, 0.29) is 17.5 Å². The zero-order chi connectivity index (χ0) is 12.2. The summed E-state index contributed by atoms with van der Waals surface area (Å²) in [4.78, 5) is 0. The highest BCUT2D eigenvalue weighted by atomic mass is 79.9. The summed E-state index contributed by atoms with van der Waals surface area (Å²) in [5.41, 5.74) is 6.36. The quantitative estimate of drug-likeness (QED) is 0.906. The Labute approximate surface area is 105 Å². The first-order chi connectivity index (χ1) is 7.39. The Morgan fingerprint density at radius 1 is 1.31 bits per heavy atom. The van der Waals surface area contributed by atoms with Crippen molar-refractivity contribution in [2.75, 3.05) is 5.75 Å². The van der Waals surface area contributed by atoms with Crippen LogP contribution in [0.1, 0.15) is 18.9 Å². The summed E-state index contributed by atoms with van der Waals surface area (Å²) in [7, 11) is -3.04. The first kappa shape index (κ1) is 13.7. The maximum atomic E-state index is 11.7. The molecule has 1 atom stereocenters. The summed E-state index contributed by atoms with van der Waals surface area (Å²) >= 11 is 3.31. The van der Waals surface area contributed by atoms with Crippen LogP contribution in [0, 0.1) is 0 Å². The predicted molar refractivity (Wildman–Crippen MR) is 69.9 cm³/mol. The lowest BCUT2D eigenvalue weighted by molar-refractivity contribution is 0.586. The molecule has 0 heterocycles. The zero-order valence-corrected chi connectivity index (χ0v) is 11.6. The van der Waals surface area contributed by atoms with E-state index >= 15 is 0 Å². The van der Waals surface area contributed by atoms with Gasteiger partial charge in [0.1, 0.15) is 0 Å². The van der Waals surface area contributed by atoms with E-state index in [9.17, 15) is 8.42 Å². The van der Waals surface area contributed by atoms with Gasteiger partial charge in [-0.1, -0.05) is 28.1 Å². The third kappa shape index (κ3) is 5.09. The second kappa shape index (κ2) is 5.80. The monoisotopic (exact) mass is 305 g/mol. The predicted octanol–water partition coefficient (Wildman–Crippen LogP) is 2.10. The second-order valence-electron chi connectivity index (χ2n) is 3.98. The molecule has 3 nitrogen and oxygen atoms in total. The van der Waals surface area contributed by atoms with Crippen LogP contribution in [0.4, 0.5) is 0 Å². The molecule has 0 aliphatic carbocycles. The van der Waals surface area contributed by atoms with E-state index in [1.165, 1.54) is 0 Å². The van der Waals surface area contributed by atoms with Gasteiger partial charge < -0.3 is 5.73 Å². The van der Waals surface area contributed by atoms with Gasteiger partial charge in [-0.25, -0.2) is 8.42 Å². The fourth-order valence-corrected chi connectivity index (χ4v) is 3.11. The Bertz CT molecular complexity index is 426. The molecule has 0 spiro atoms. The topological polar surface area (TPSA) is 60.2 Å². The summed E-state index contributed by atoms with van der Waals surface area (Å²) in [5.74, 6) is 0.244. The van der Waals surface area contributed by atoms with Gasteiger partial charge in [0.2, 0.25) is 0 Å². The average Bonchev–Trinajstić information content (AvgIpc) is 2.19. The molecule has 5 heteroatoms. The van der Waals surface area contributed by atoms with Gasteiger partial charge in [-0.3, -0.25) is 0 Å². The fourth-order valence-electron chi connectivity index (χ4n) is 1.27. The molecule has 0 aromatic heterocycles. The summed E-state index contributed by atoms with van der Waals surface area (Å²) in [6, 6.07) is 7.24. The molecule has 1 rings (SSSR count). The Morgan fingerprint density at radius 2 is 1.88 bits per heavy atom. The standard InChI is InChI=1S/C11H16BrNO2S/c1-9(13)6-7-16(14,15)8-10-2-4-11(12)5-3-10/h2-5,9H,6-8,13H2,1H3. The molecule has 0 saturated heterocycles. The number of benzene rings is 1. The van der Waals surface area contributed by atoms with Crippen LogP contribution < -0.4 is 5.73 Å². The second-order valence-corrected chi connectivity index (χ2v) is 7.08. The maximum absolute atomic E-state index is 11.7. The van der Waals surface area contributed by atoms with E-state index < -0.39 is 9.84 Å². The normalized spacial score (nSPS) is 13.7. The fraction of sp³-hybridized carbons (Fsp3) is 0.455. The molecule has 0 fully saturated rings. The lowest BCUT2D eigenvalue weighted by Crippen LogP contribution is -2.20. The summed E-state index contributed by atoms with van der Waals surface area (Å²) < 4.78 is 24.4. The van der Waals surface area contributed by atoms with Gasteiger partial charge in [0, 0.05) is 10.5 Å². The highest BCUT2D eigenvalue weighted by molar-refractivity contribution is 9.10. The number of hydrogen-bond acceptors (Lipinski definition) is 3. The van der Waals surface area contributed by atoms with Crippen molar-refractivity contribution in [2.45, 2.75) is 25.1 Å². The smallest absolute Gasteiger partial charge is 0.154 e. The summed E-state index contributed by atoms with van der Waals surface area (Å²) in [6.45, 7) is 1.81. The van der Waals surface area contributed by atoms with E-state index in [0.29, 0.717) is 6.42 Å². The molecule has 2 N–H and O–H groups in total. The van der Waals surface area contributed by atoms with Crippen molar-refractivity contribution in [3.05, 3.63) is 34.3 Å². The van der Waals surface area contributed by atoms with Crippen LogP contribution in [0.2, 0.25) is 0 Å². The van der Waals surface area contributed by atoms with Gasteiger partial charge >= 0.3 is 0 Å². The van der Waals surface area contributed by atoms with Crippen LogP contribution >= 0.6 is 15.9 Å². The van der Waals surface area contributed by atoms with Gasteiger partial charge in [0.05, 0.1) is 11.5 Å². The van der Waals surface area contributed by atoms with E-state index in [1.807, 2.05) is 31.2 Å². The molecule has 16 heavy (non-hydrogen) atoms. The summed E-state index contributed by atoms with van der Waals surface area (Å²) in [5, 5.41) is 0. The van der Waals surface area contributed by atoms with E-state index in [2.05, 4.69) is 15.9 Å². The van der Waals surface area contributed by atoms with Gasteiger partial charge in [0.15, 0.2) is 9.84 Å². The van der Waals surface area contributed by atoms with Crippen molar-refractivity contribution >= 4 is 25.8 Å².